The summed E-state index contributed by atoms with van der Waals surface area (Å²) in [7, 11) is 0. The van der Waals surface area contributed by atoms with Crippen LogP contribution < -0.4 is 0 Å². The van der Waals surface area contributed by atoms with E-state index >= 15 is 0 Å². The van der Waals surface area contributed by atoms with Crippen LogP contribution in [-0.2, 0) is 6.54 Å². The van der Waals surface area contributed by atoms with Crippen LogP contribution in [0.1, 0.15) is 49.7 Å². The first-order valence-electron chi connectivity index (χ1n) is 9.41. The quantitative estimate of drug-likeness (QED) is 0.904. The Morgan fingerprint density at radius 3 is 2.61 bits per heavy atom. The second-order valence-corrected chi connectivity index (χ2v) is 7.36. The molecule has 1 aromatic carbocycles. The lowest BCUT2D eigenvalue weighted by atomic mass is 9.91. The van der Waals surface area contributed by atoms with E-state index in [4.69, 9.17) is 0 Å². The summed E-state index contributed by atoms with van der Waals surface area (Å²) in [5, 5.41) is 9.51. The third-order valence-electron chi connectivity index (χ3n) is 5.77. The topological polar surface area (TPSA) is 26.7 Å². The SMILES string of the molecule is Cc1ccccc1CN1CCN(C2CCCCC2)C(CCO)C1. The number of piperazine rings is 1. The molecule has 23 heavy (non-hydrogen) atoms. The molecule has 0 bridgehead atoms. The predicted molar refractivity (Wildman–Crippen MR) is 95.5 cm³/mol. The monoisotopic (exact) mass is 316 g/mol. The Balaban J connectivity index is 1.62. The largest absolute Gasteiger partial charge is 0.396 e. The zero-order valence-corrected chi connectivity index (χ0v) is 14.6. The first kappa shape index (κ1) is 16.9. The molecule has 0 spiro atoms. The molecule has 3 nitrogen and oxygen atoms in total. The van der Waals surface area contributed by atoms with Crippen LogP contribution in [-0.4, -0.2) is 53.2 Å². The van der Waals surface area contributed by atoms with Crippen LogP contribution >= 0.6 is 0 Å². The summed E-state index contributed by atoms with van der Waals surface area (Å²) in [4.78, 5) is 5.31. The molecule has 1 aromatic rings. The molecule has 3 heteroatoms. The van der Waals surface area contributed by atoms with Crippen LogP contribution in [0.25, 0.3) is 0 Å². The van der Waals surface area contributed by atoms with Crippen LogP contribution in [0, 0.1) is 6.92 Å². The Kier molecular flexibility index (Phi) is 6.09. The van der Waals surface area contributed by atoms with Crippen molar-refractivity contribution >= 4 is 0 Å². The first-order valence-corrected chi connectivity index (χ1v) is 9.41. The van der Waals surface area contributed by atoms with Crippen molar-refractivity contribution in [3.63, 3.8) is 0 Å². The number of aryl methyl sites for hydroxylation is 1. The second-order valence-electron chi connectivity index (χ2n) is 7.36. The van der Waals surface area contributed by atoms with Gasteiger partial charge in [0.05, 0.1) is 0 Å². The predicted octanol–water partition coefficient (Wildman–Crippen LogP) is 3.20. The molecular formula is C20H32N2O. The molecule has 2 fully saturated rings. The zero-order chi connectivity index (χ0) is 16.1. The van der Waals surface area contributed by atoms with Crippen molar-refractivity contribution in [1.29, 1.82) is 0 Å². The summed E-state index contributed by atoms with van der Waals surface area (Å²) in [6, 6.07) is 10.0. The minimum atomic E-state index is 0.312. The molecule has 1 aliphatic carbocycles. The van der Waals surface area contributed by atoms with Crippen molar-refractivity contribution in [3.8, 4) is 0 Å². The van der Waals surface area contributed by atoms with Crippen molar-refractivity contribution in [1.82, 2.24) is 9.80 Å². The van der Waals surface area contributed by atoms with E-state index in [1.807, 2.05) is 0 Å². The van der Waals surface area contributed by atoms with E-state index in [9.17, 15) is 5.11 Å². The second kappa shape index (κ2) is 8.27. The third kappa shape index (κ3) is 4.34. The van der Waals surface area contributed by atoms with Gasteiger partial charge in [0.15, 0.2) is 0 Å². The fraction of sp³-hybridized carbons (Fsp3) is 0.700. The maximum Gasteiger partial charge on any atom is 0.0446 e. The highest BCUT2D eigenvalue weighted by Gasteiger charge is 2.32. The summed E-state index contributed by atoms with van der Waals surface area (Å²) in [5.74, 6) is 0. The third-order valence-corrected chi connectivity index (χ3v) is 5.77. The molecule has 1 N–H and O–H groups in total. The smallest absolute Gasteiger partial charge is 0.0446 e. The van der Waals surface area contributed by atoms with Gasteiger partial charge in [0.1, 0.15) is 0 Å². The first-order chi connectivity index (χ1) is 11.3. The van der Waals surface area contributed by atoms with Gasteiger partial charge in [0.25, 0.3) is 0 Å². The number of nitrogens with zero attached hydrogens (tertiary/aromatic N) is 2. The number of hydrogen-bond acceptors (Lipinski definition) is 3. The molecule has 2 aliphatic rings. The zero-order valence-electron chi connectivity index (χ0n) is 14.6. The molecule has 1 unspecified atom stereocenters. The Morgan fingerprint density at radius 1 is 1.09 bits per heavy atom. The van der Waals surface area contributed by atoms with Gasteiger partial charge in [-0.1, -0.05) is 43.5 Å². The lowest BCUT2D eigenvalue weighted by Crippen LogP contribution is -2.56. The molecule has 1 saturated heterocycles. The van der Waals surface area contributed by atoms with Gasteiger partial charge < -0.3 is 5.11 Å². The lowest BCUT2D eigenvalue weighted by Gasteiger charge is -2.46. The highest BCUT2D eigenvalue weighted by atomic mass is 16.3. The highest BCUT2D eigenvalue weighted by molar-refractivity contribution is 5.25. The van der Waals surface area contributed by atoms with Gasteiger partial charge >= 0.3 is 0 Å². The lowest BCUT2D eigenvalue weighted by molar-refractivity contribution is 0.0136. The van der Waals surface area contributed by atoms with Crippen LogP contribution in [0.2, 0.25) is 0 Å². The number of aliphatic hydroxyl groups excluding tert-OH is 1. The molecule has 3 rings (SSSR count). The molecule has 1 atom stereocenters. The summed E-state index contributed by atoms with van der Waals surface area (Å²) in [6.07, 6.45) is 7.83. The van der Waals surface area contributed by atoms with E-state index in [0.717, 1.165) is 32.1 Å². The van der Waals surface area contributed by atoms with E-state index in [1.54, 1.807) is 0 Å². The van der Waals surface area contributed by atoms with E-state index in [2.05, 4.69) is 41.0 Å². The van der Waals surface area contributed by atoms with Gasteiger partial charge in [0, 0.05) is 44.9 Å². The van der Waals surface area contributed by atoms with Crippen molar-refractivity contribution in [2.24, 2.45) is 0 Å². The number of aliphatic hydroxyl groups is 1. The summed E-state index contributed by atoms with van der Waals surface area (Å²) in [6.45, 7) is 7.00. The van der Waals surface area contributed by atoms with Gasteiger partial charge in [-0.25, -0.2) is 0 Å². The van der Waals surface area contributed by atoms with Gasteiger partial charge in [0.2, 0.25) is 0 Å². The fourth-order valence-corrected chi connectivity index (χ4v) is 4.41. The molecule has 128 valence electrons. The Labute approximate surface area is 141 Å². The van der Waals surface area contributed by atoms with Gasteiger partial charge in [-0.05, 0) is 37.3 Å². The van der Waals surface area contributed by atoms with E-state index in [0.29, 0.717) is 12.6 Å². The van der Waals surface area contributed by atoms with Crippen LogP contribution in [0.5, 0.6) is 0 Å². The summed E-state index contributed by atoms with van der Waals surface area (Å²) < 4.78 is 0. The van der Waals surface area contributed by atoms with Crippen molar-refractivity contribution in [2.45, 2.75) is 64.1 Å². The number of benzene rings is 1. The maximum absolute atomic E-state index is 9.51. The maximum atomic E-state index is 9.51. The molecule has 0 radical (unpaired) electrons. The van der Waals surface area contributed by atoms with Gasteiger partial charge in [-0.2, -0.15) is 0 Å². The van der Waals surface area contributed by atoms with E-state index < -0.39 is 0 Å². The molecular weight excluding hydrogens is 284 g/mol. The molecule has 0 amide bonds. The average Bonchev–Trinajstić information content (AvgIpc) is 2.58. The number of rotatable bonds is 5. The minimum Gasteiger partial charge on any atom is -0.396 e. The average molecular weight is 316 g/mol. The Bertz CT molecular complexity index is 484. The number of hydrogen-bond donors (Lipinski definition) is 1. The molecule has 1 saturated carbocycles. The minimum absolute atomic E-state index is 0.312. The van der Waals surface area contributed by atoms with Crippen molar-refractivity contribution in [2.75, 3.05) is 26.2 Å². The standard InChI is InChI=1S/C20H32N2O/c1-17-7-5-6-8-18(17)15-21-12-13-22(20(16-21)11-14-23)19-9-3-2-4-10-19/h5-8,19-20,23H,2-4,9-16H2,1H3. The van der Waals surface area contributed by atoms with Crippen LogP contribution in [0.3, 0.4) is 0 Å². The summed E-state index contributed by atoms with van der Waals surface area (Å²) >= 11 is 0. The Hall–Kier alpha value is -0.900. The molecule has 0 aromatic heterocycles. The fourth-order valence-electron chi connectivity index (χ4n) is 4.41. The van der Waals surface area contributed by atoms with Crippen molar-refractivity contribution in [3.05, 3.63) is 35.4 Å². The summed E-state index contributed by atoms with van der Waals surface area (Å²) in [5.41, 5.74) is 2.84. The normalized spacial score (nSPS) is 24.9. The van der Waals surface area contributed by atoms with Crippen LogP contribution in [0.4, 0.5) is 0 Å². The highest BCUT2D eigenvalue weighted by Crippen LogP contribution is 2.27. The van der Waals surface area contributed by atoms with Gasteiger partial charge in [-0.15, -0.1) is 0 Å². The van der Waals surface area contributed by atoms with Gasteiger partial charge in [-0.3, -0.25) is 9.80 Å². The molecule has 1 heterocycles. The van der Waals surface area contributed by atoms with Crippen LogP contribution in [0.15, 0.2) is 24.3 Å². The van der Waals surface area contributed by atoms with E-state index in [1.165, 1.54) is 49.8 Å². The molecule has 1 aliphatic heterocycles. The van der Waals surface area contributed by atoms with E-state index in [-0.39, 0.29) is 0 Å². The Morgan fingerprint density at radius 2 is 1.87 bits per heavy atom. The van der Waals surface area contributed by atoms with Crippen molar-refractivity contribution < 1.29 is 5.11 Å².